The van der Waals surface area contributed by atoms with Crippen molar-refractivity contribution in [2.45, 2.75) is 6.92 Å². The summed E-state index contributed by atoms with van der Waals surface area (Å²) >= 11 is 1.38. The van der Waals surface area contributed by atoms with Crippen molar-refractivity contribution in [3.05, 3.63) is 4.88 Å². The molecule has 0 saturated heterocycles. The molecular formula is C8H13N3OS. The molecule has 0 aliphatic heterocycles. The molecule has 0 aliphatic rings. The SMILES string of the molecule is CNc1nc(N(C)C)c(C(C)=O)s1. The Hall–Kier alpha value is -1.10. The van der Waals surface area contributed by atoms with Crippen LogP contribution in [0.25, 0.3) is 0 Å². The van der Waals surface area contributed by atoms with Crippen LogP contribution < -0.4 is 10.2 Å². The van der Waals surface area contributed by atoms with E-state index >= 15 is 0 Å². The molecule has 5 heteroatoms. The quantitative estimate of drug-likeness (QED) is 0.748. The minimum atomic E-state index is 0.0581. The molecule has 1 rings (SSSR count). The fourth-order valence-corrected chi connectivity index (χ4v) is 1.84. The molecule has 0 radical (unpaired) electrons. The lowest BCUT2D eigenvalue weighted by Crippen LogP contribution is -2.12. The van der Waals surface area contributed by atoms with E-state index in [9.17, 15) is 4.79 Å². The molecule has 0 amide bonds. The van der Waals surface area contributed by atoms with Gasteiger partial charge in [0.2, 0.25) is 0 Å². The molecular weight excluding hydrogens is 186 g/mol. The van der Waals surface area contributed by atoms with Gasteiger partial charge < -0.3 is 10.2 Å². The highest BCUT2D eigenvalue weighted by Gasteiger charge is 2.15. The first-order valence-corrected chi connectivity index (χ1v) is 4.74. The summed E-state index contributed by atoms with van der Waals surface area (Å²) in [6.45, 7) is 1.56. The maximum atomic E-state index is 11.2. The Morgan fingerprint density at radius 3 is 2.46 bits per heavy atom. The molecule has 1 aromatic heterocycles. The van der Waals surface area contributed by atoms with E-state index in [4.69, 9.17) is 0 Å². The van der Waals surface area contributed by atoms with Crippen molar-refractivity contribution in [1.82, 2.24) is 4.98 Å². The summed E-state index contributed by atoms with van der Waals surface area (Å²) in [4.78, 5) is 18.0. The second-order valence-corrected chi connectivity index (χ2v) is 3.87. The summed E-state index contributed by atoms with van der Waals surface area (Å²) in [6, 6.07) is 0. The molecule has 4 nitrogen and oxygen atoms in total. The topological polar surface area (TPSA) is 45.2 Å². The van der Waals surface area contributed by atoms with Crippen LogP contribution in [-0.4, -0.2) is 31.9 Å². The smallest absolute Gasteiger partial charge is 0.185 e. The summed E-state index contributed by atoms with van der Waals surface area (Å²) in [5.74, 6) is 0.796. The van der Waals surface area contributed by atoms with E-state index in [0.29, 0.717) is 4.88 Å². The van der Waals surface area contributed by atoms with E-state index in [2.05, 4.69) is 10.3 Å². The Kier molecular flexibility index (Phi) is 2.87. The molecule has 72 valence electrons. The van der Waals surface area contributed by atoms with Gasteiger partial charge in [-0.05, 0) is 0 Å². The number of anilines is 2. The maximum absolute atomic E-state index is 11.2. The predicted octanol–water partition coefficient (Wildman–Crippen LogP) is 1.45. The van der Waals surface area contributed by atoms with Gasteiger partial charge in [0.15, 0.2) is 16.7 Å². The third-order valence-electron chi connectivity index (χ3n) is 1.57. The molecule has 13 heavy (non-hydrogen) atoms. The third-order valence-corrected chi connectivity index (χ3v) is 2.73. The highest BCUT2D eigenvalue weighted by molar-refractivity contribution is 7.18. The largest absolute Gasteiger partial charge is 0.365 e. The fourth-order valence-electron chi connectivity index (χ4n) is 0.951. The van der Waals surface area contributed by atoms with Crippen molar-refractivity contribution >= 4 is 28.1 Å². The number of aromatic nitrogens is 1. The number of carbonyl (C=O) groups is 1. The number of rotatable bonds is 3. The number of hydrogen-bond donors (Lipinski definition) is 1. The van der Waals surface area contributed by atoms with Crippen molar-refractivity contribution in [3.63, 3.8) is 0 Å². The monoisotopic (exact) mass is 199 g/mol. The Bertz CT molecular complexity index is 319. The Labute approximate surface area is 81.6 Å². The van der Waals surface area contributed by atoms with Gasteiger partial charge >= 0.3 is 0 Å². The first kappa shape index (κ1) is 9.98. The summed E-state index contributed by atoms with van der Waals surface area (Å²) in [5.41, 5.74) is 0. The van der Waals surface area contributed by atoms with Crippen LogP contribution in [0.15, 0.2) is 0 Å². The standard InChI is InChI=1S/C8H13N3OS/c1-5(12)6-7(11(3)4)10-8(9-2)13-6/h1-4H3,(H,9,10). The summed E-state index contributed by atoms with van der Waals surface area (Å²) in [6.07, 6.45) is 0. The minimum absolute atomic E-state index is 0.0581. The molecule has 0 atom stereocenters. The number of hydrogen-bond acceptors (Lipinski definition) is 5. The van der Waals surface area contributed by atoms with Crippen molar-refractivity contribution in [2.24, 2.45) is 0 Å². The number of carbonyl (C=O) groups excluding carboxylic acids is 1. The molecule has 1 N–H and O–H groups in total. The van der Waals surface area contributed by atoms with E-state index in [-0.39, 0.29) is 5.78 Å². The minimum Gasteiger partial charge on any atom is -0.365 e. The van der Waals surface area contributed by atoms with Crippen molar-refractivity contribution in [3.8, 4) is 0 Å². The van der Waals surface area contributed by atoms with E-state index in [1.165, 1.54) is 11.3 Å². The van der Waals surface area contributed by atoms with Crippen LogP contribution in [0.2, 0.25) is 0 Å². The highest BCUT2D eigenvalue weighted by Crippen LogP contribution is 2.28. The van der Waals surface area contributed by atoms with Crippen LogP contribution in [-0.2, 0) is 0 Å². The van der Waals surface area contributed by atoms with Crippen LogP contribution in [0, 0.1) is 0 Å². The predicted molar refractivity (Wildman–Crippen MR) is 56.0 cm³/mol. The third kappa shape index (κ3) is 1.98. The number of Topliss-reactive ketones (excluding diaryl/α,β-unsaturated/α-hetero) is 1. The Balaban J connectivity index is 3.15. The van der Waals surface area contributed by atoms with E-state index in [1.807, 2.05) is 19.0 Å². The van der Waals surface area contributed by atoms with Gasteiger partial charge in [0.25, 0.3) is 0 Å². The van der Waals surface area contributed by atoms with Crippen LogP contribution in [0.4, 0.5) is 10.9 Å². The van der Waals surface area contributed by atoms with Crippen LogP contribution in [0.1, 0.15) is 16.6 Å². The maximum Gasteiger partial charge on any atom is 0.185 e. The van der Waals surface area contributed by atoms with Crippen LogP contribution in [0.5, 0.6) is 0 Å². The lowest BCUT2D eigenvalue weighted by molar-refractivity contribution is 0.102. The summed E-state index contributed by atoms with van der Waals surface area (Å²) in [7, 11) is 5.55. The average molecular weight is 199 g/mol. The van der Waals surface area contributed by atoms with E-state index in [1.54, 1.807) is 14.0 Å². The average Bonchev–Trinajstić information content (AvgIpc) is 2.47. The molecule has 0 fully saturated rings. The Morgan fingerprint density at radius 1 is 1.54 bits per heavy atom. The zero-order valence-electron chi connectivity index (χ0n) is 8.21. The number of nitrogens with one attached hydrogen (secondary N) is 1. The molecule has 0 bridgehead atoms. The van der Waals surface area contributed by atoms with Gasteiger partial charge in [0, 0.05) is 28.1 Å². The van der Waals surface area contributed by atoms with Gasteiger partial charge in [-0.1, -0.05) is 11.3 Å². The first-order valence-electron chi connectivity index (χ1n) is 3.93. The van der Waals surface area contributed by atoms with Gasteiger partial charge in [-0.3, -0.25) is 4.79 Å². The van der Waals surface area contributed by atoms with E-state index < -0.39 is 0 Å². The van der Waals surface area contributed by atoms with Crippen molar-refractivity contribution in [2.75, 3.05) is 31.4 Å². The van der Waals surface area contributed by atoms with Crippen molar-refractivity contribution < 1.29 is 4.79 Å². The summed E-state index contributed by atoms with van der Waals surface area (Å²) < 4.78 is 0. The normalized spacial score (nSPS) is 9.85. The van der Waals surface area contributed by atoms with Gasteiger partial charge in [0.1, 0.15) is 4.88 Å². The second kappa shape index (κ2) is 3.74. The first-order chi connectivity index (χ1) is 6.06. The fraction of sp³-hybridized carbons (Fsp3) is 0.500. The Morgan fingerprint density at radius 2 is 2.15 bits per heavy atom. The molecule has 0 saturated carbocycles. The number of ketones is 1. The lowest BCUT2D eigenvalue weighted by atomic mass is 10.3. The molecule has 1 heterocycles. The zero-order chi connectivity index (χ0) is 10.0. The molecule has 1 aromatic rings. The second-order valence-electron chi connectivity index (χ2n) is 2.87. The molecule has 0 aromatic carbocycles. The number of thiazole rings is 1. The van der Waals surface area contributed by atoms with Crippen LogP contribution in [0.3, 0.4) is 0 Å². The van der Waals surface area contributed by atoms with Crippen LogP contribution >= 0.6 is 11.3 Å². The van der Waals surface area contributed by atoms with Gasteiger partial charge in [-0.15, -0.1) is 0 Å². The van der Waals surface area contributed by atoms with Gasteiger partial charge in [0.05, 0.1) is 0 Å². The highest BCUT2D eigenvalue weighted by atomic mass is 32.1. The van der Waals surface area contributed by atoms with Gasteiger partial charge in [-0.2, -0.15) is 0 Å². The number of nitrogens with zero attached hydrogens (tertiary/aromatic N) is 2. The lowest BCUT2D eigenvalue weighted by Gasteiger charge is -2.08. The van der Waals surface area contributed by atoms with Gasteiger partial charge in [-0.25, -0.2) is 4.98 Å². The zero-order valence-corrected chi connectivity index (χ0v) is 9.03. The molecule has 0 spiro atoms. The van der Waals surface area contributed by atoms with E-state index in [0.717, 1.165) is 10.9 Å². The molecule has 0 unspecified atom stereocenters. The summed E-state index contributed by atoms with van der Waals surface area (Å²) in [5, 5.41) is 3.70. The molecule has 0 aliphatic carbocycles. The van der Waals surface area contributed by atoms with Crippen molar-refractivity contribution in [1.29, 1.82) is 0 Å².